The maximum absolute atomic E-state index is 14.4. The predicted octanol–water partition coefficient (Wildman–Crippen LogP) is 4.87. The summed E-state index contributed by atoms with van der Waals surface area (Å²) in [7, 11) is -2.09. The fraction of sp³-hybridized carbons (Fsp3) is 0.435. The second-order valence-corrected chi connectivity index (χ2v) is 22.7. The molecule has 5 aromatic carbocycles. The summed E-state index contributed by atoms with van der Waals surface area (Å²) in [5, 5.41) is 47.3. The smallest absolute Gasteiger partial charge is 0.493 e. The molecule has 5 aliphatic heterocycles. The van der Waals surface area contributed by atoms with E-state index in [4.69, 9.17) is 66.5 Å². The first-order chi connectivity index (χ1) is 44.1. The van der Waals surface area contributed by atoms with Crippen molar-refractivity contribution >= 4 is 51.9 Å². The van der Waals surface area contributed by atoms with Crippen molar-refractivity contribution in [3.63, 3.8) is 0 Å². The number of benzene rings is 5. The molecule has 3 amide bonds. The molecule has 0 bridgehead atoms. The van der Waals surface area contributed by atoms with E-state index in [2.05, 4.69) is 21.4 Å². The van der Waals surface area contributed by atoms with Crippen LogP contribution < -0.4 is 37.4 Å². The van der Waals surface area contributed by atoms with E-state index in [1.165, 1.54) is 38.0 Å². The molecular formula is C62H70N8O20S. The Kier molecular flexibility index (Phi) is 21.9. The molecule has 28 nitrogen and oxygen atoms in total. The van der Waals surface area contributed by atoms with E-state index in [1.807, 2.05) is 29.3 Å². The van der Waals surface area contributed by atoms with Crippen LogP contribution in [0.4, 0.5) is 11.4 Å². The first kappa shape index (κ1) is 65.3. The largest absolute Gasteiger partial charge is 0.501 e. The summed E-state index contributed by atoms with van der Waals surface area (Å²) in [5.74, 6) is -0.748. The van der Waals surface area contributed by atoms with E-state index in [9.17, 15) is 43.2 Å². The number of amides is 3. The lowest BCUT2D eigenvalue weighted by Crippen LogP contribution is -2.60. The molecule has 0 saturated carbocycles. The summed E-state index contributed by atoms with van der Waals surface area (Å²) in [6.45, 7) is 2.04. The normalized spacial score (nSPS) is 20.4. The average Bonchev–Trinajstić information content (AvgIpc) is 1.75. The van der Waals surface area contributed by atoms with Crippen molar-refractivity contribution in [3.8, 4) is 40.2 Å². The van der Waals surface area contributed by atoms with Crippen LogP contribution in [-0.4, -0.2) is 198 Å². The van der Waals surface area contributed by atoms with Gasteiger partial charge in [-0.05, 0) is 102 Å². The molecule has 5 aromatic rings. The van der Waals surface area contributed by atoms with Gasteiger partial charge in [-0.2, -0.15) is 0 Å². The predicted molar refractivity (Wildman–Crippen MR) is 325 cm³/mol. The van der Waals surface area contributed by atoms with Gasteiger partial charge in [-0.3, -0.25) is 24.4 Å². The average molecular weight is 1280 g/mol. The third kappa shape index (κ3) is 15.9. The quantitative estimate of drug-likeness (QED) is 0.0177. The molecule has 0 radical (unpaired) electrons. The van der Waals surface area contributed by atoms with Gasteiger partial charge in [-0.1, -0.05) is 35.4 Å². The molecule has 91 heavy (non-hydrogen) atoms. The summed E-state index contributed by atoms with van der Waals surface area (Å²) in [6, 6.07) is 22.1. The first-order valence-electron chi connectivity index (χ1n) is 29.5. The summed E-state index contributed by atoms with van der Waals surface area (Å²) in [6.07, 6.45) is -2.00. The molecular weight excluding hydrogens is 1210 g/mol. The van der Waals surface area contributed by atoms with Gasteiger partial charge in [0, 0.05) is 61.2 Å². The van der Waals surface area contributed by atoms with Crippen LogP contribution in [0.2, 0.25) is 0 Å². The van der Waals surface area contributed by atoms with Crippen molar-refractivity contribution in [3.05, 3.63) is 134 Å². The molecule has 0 aromatic heterocycles. The first-order valence-corrected chi connectivity index (χ1v) is 30.8. The van der Waals surface area contributed by atoms with Crippen LogP contribution in [0.1, 0.15) is 72.6 Å². The van der Waals surface area contributed by atoms with Gasteiger partial charge in [0.2, 0.25) is 6.29 Å². The zero-order valence-corrected chi connectivity index (χ0v) is 50.7. The number of nitrogens with zero attached hydrogens (tertiary/aromatic N) is 7. The minimum atomic E-state index is -5.09. The van der Waals surface area contributed by atoms with E-state index in [-0.39, 0.29) is 87.4 Å². The van der Waals surface area contributed by atoms with Crippen LogP contribution in [-0.2, 0) is 55.3 Å². The van der Waals surface area contributed by atoms with Gasteiger partial charge in [0.1, 0.15) is 30.2 Å². The summed E-state index contributed by atoms with van der Waals surface area (Å²) in [5.41, 5.74) is 13.5. The number of fused-ring (bicyclic) bond motifs is 6. The van der Waals surface area contributed by atoms with Crippen molar-refractivity contribution < 1.29 is 94.2 Å². The summed E-state index contributed by atoms with van der Waals surface area (Å²) < 4.78 is 89.7. The summed E-state index contributed by atoms with van der Waals surface area (Å²) >= 11 is 0. The zero-order chi connectivity index (χ0) is 64.0. The van der Waals surface area contributed by atoms with Gasteiger partial charge in [0.15, 0.2) is 34.5 Å². The van der Waals surface area contributed by atoms with Crippen LogP contribution in [0.25, 0.3) is 10.4 Å². The van der Waals surface area contributed by atoms with Gasteiger partial charge in [0.05, 0.1) is 108 Å². The number of carbonyl (C=O) groups excluding carboxylic acids is 3. The van der Waals surface area contributed by atoms with Gasteiger partial charge in [-0.15, -0.1) is 8.42 Å². The van der Waals surface area contributed by atoms with Crippen molar-refractivity contribution in [2.45, 2.75) is 88.0 Å². The number of hydrogen-bond donors (Lipinski definition) is 5. The second-order valence-electron chi connectivity index (χ2n) is 21.6. The SMILES string of the molecule is COc1cc2c(cc1OCCCCCOc1cc3c(cc1OC)C(=O)N1Cc4ccccc4C[C@@H]1C=N3)N=C[C@@H]1Cc3ccc(OS(=O)(=O)Oc4cc(C(=O)NCCOCCOCCOCCN=[N+]=[N-])ccc4OC4O[C@H](CO)[C@H](O)[C@H](O)[C@H]4O)cc3CN1C2=O. The van der Waals surface area contributed by atoms with Crippen molar-refractivity contribution in [1.29, 1.82) is 0 Å². The second kappa shape index (κ2) is 30.5. The maximum Gasteiger partial charge on any atom is 0.501 e. The minimum absolute atomic E-state index is 0.0269. The number of azide groups is 1. The van der Waals surface area contributed by atoms with Crippen LogP contribution in [0.5, 0.6) is 40.2 Å². The molecule has 5 heterocycles. The lowest BCUT2D eigenvalue weighted by atomic mass is 9.94. The Labute approximate surface area is 523 Å². The number of methoxy groups -OCH3 is 2. The number of unbranched alkanes of at least 4 members (excludes halogenated alkanes) is 2. The number of rotatable bonds is 30. The molecule has 0 spiro atoms. The Morgan fingerprint density at radius 2 is 1.25 bits per heavy atom. The highest BCUT2D eigenvalue weighted by Gasteiger charge is 2.45. The molecule has 10 rings (SSSR count). The highest BCUT2D eigenvalue weighted by atomic mass is 32.3. The molecule has 5 aliphatic rings. The Balaban J connectivity index is 0.732. The van der Waals surface area contributed by atoms with E-state index in [0.717, 1.165) is 29.7 Å². The minimum Gasteiger partial charge on any atom is -0.493 e. The molecule has 7 atom stereocenters. The lowest BCUT2D eigenvalue weighted by Gasteiger charge is -2.39. The van der Waals surface area contributed by atoms with Crippen molar-refractivity contribution in [2.24, 2.45) is 15.1 Å². The lowest BCUT2D eigenvalue weighted by molar-refractivity contribution is -0.277. The van der Waals surface area contributed by atoms with Crippen LogP contribution in [0.15, 0.2) is 100 Å². The Morgan fingerprint density at radius 1 is 0.659 bits per heavy atom. The molecule has 1 saturated heterocycles. The van der Waals surface area contributed by atoms with E-state index in [1.54, 1.807) is 41.4 Å². The van der Waals surface area contributed by atoms with Gasteiger partial charge in [-0.25, -0.2) is 0 Å². The van der Waals surface area contributed by atoms with E-state index < -0.39 is 71.2 Å². The number of carbonyl (C=O) groups is 3. The fourth-order valence-electron chi connectivity index (χ4n) is 10.9. The number of aliphatic hydroxyl groups is 4. The number of hydrogen-bond acceptors (Lipinski definition) is 23. The monoisotopic (exact) mass is 1280 g/mol. The van der Waals surface area contributed by atoms with Gasteiger partial charge >= 0.3 is 10.4 Å². The topological polar surface area (TPSA) is 360 Å². The molecule has 0 aliphatic carbocycles. The standard InChI is InChI=1S/C62H70N8O20S/c1-80-50-28-45-47(65-32-42-24-37-8-4-5-9-40(37)34-69(42)60(45)76)30-52(50)85-16-6-3-7-17-86-53-31-48-46(29-51(53)81-2)61(77)70-35-41-26-44(12-10-38(41)25-43(70)33-66-48)89-91(78,79)90-54-27-39(11-13-49(54)87-62-58(74)57(73)56(72)55(36-71)88-62)59(75)64-14-18-82-20-22-84-23-21-83-19-15-67-68-63/h4-5,8-13,26-33,42-43,55-58,62,71-74H,3,6-7,14-25,34-36H2,1-2H3,(H,64,75)/t42-,43+,55-,56+,57+,58-,62?/m1/s1. The number of nitrogens with one attached hydrogen (secondary N) is 1. The van der Waals surface area contributed by atoms with Crippen LogP contribution in [0.3, 0.4) is 0 Å². The Morgan fingerprint density at radius 3 is 1.87 bits per heavy atom. The summed E-state index contributed by atoms with van der Waals surface area (Å²) in [4.78, 5) is 57.1. The molecule has 1 unspecified atom stereocenters. The van der Waals surface area contributed by atoms with Crippen molar-refractivity contribution in [2.75, 3.05) is 86.8 Å². The highest BCUT2D eigenvalue weighted by Crippen LogP contribution is 2.42. The third-order valence-electron chi connectivity index (χ3n) is 15.6. The Bertz CT molecular complexity index is 3660. The van der Waals surface area contributed by atoms with E-state index in [0.29, 0.717) is 97.5 Å². The Hall–Kier alpha value is -8.61. The van der Waals surface area contributed by atoms with Crippen molar-refractivity contribution in [1.82, 2.24) is 15.1 Å². The number of aliphatic imine (C=N–C) groups is 2. The third-order valence-corrected chi connectivity index (χ3v) is 16.4. The molecule has 29 heteroatoms. The zero-order valence-electron chi connectivity index (χ0n) is 49.9. The van der Waals surface area contributed by atoms with Gasteiger partial charge < -0.3 is 86.5 Å². The van der Waals surface area contributed by atoms with Gasteiger partial charge in [0.25, 0.3) is 17.7 Å². The van der Waals surface area contributed by atoms with E-state index >= 15 is 0 Å². The molecule has 5 N–H and O–H groups in total. The maximum atomic E-state index is 14.4. The number of ether oxygens (including phenoxy) is 9. The fourth-order valence-corrected chi connectivity index (χ4v) is 11.6. The number of aliphatic hydroxyl groups excluding tert-OH is 4. The van der Waals surface area contributed by atoms with Crippen LogP contribution in [0, 0.1) is 0 Å². The highest BCUT2D eigenvalue weighted by molar-refractivity contribution is 7.82. The van der Waals surface area contributed by atoms with Crippen LogP contribution >= 0.6 is 0 Å². The molecule has 484 valence electrons. The molecule has 1 fully saturated rings.